The van der Waals surface area contributed by atoms with Gasteiger partial charge in [0.2, 0.25) is 0 Å². The molecule has 0 spiro atoms. The van der Waals surface area contributed by atoms with E-state index >= 15 is 0 Å². The van der Waals surface area contributed by atoms with Gasteiger partial charge >= 0.3 is 0 Å². The number of ether oxygens (including phenoxy) is 1. The third-order valence-electron chi connectivity index (χ3n) is 11.3. The normalized spacial score (nSPS) is 40.0. The van der Waals surface area contributed by atoms with Crippen LogP contribution in [0.4, 0.5) is 0 Å². The summed E-state index contributed by atoms with van der Waals surface area (Å²) in [6, 6.07) is 0. The lowest BCUT2D eigenvalue weighted by Gasteiger charge is -2.46. The average molecular weight is 475 g/mol. The summed E-state index contributed by atoms with van der Waals surface area (Å²) in [6.45, 7) is 3.36. The quantitative estimate of drug-likeness (QED) is 0.304. The number of unbranched alkanes of at least 4 members (excludes halogenated alkanes) is 2. The van der Waals surface area contributed by atoms with Crippen LogP contribution < -0.4 is 0 Å². The average Bonchev–Trinajstić information content (AvgIpc) is 2.89. The minimum atomic E-state index is 0.295. The van der Waals surface area contributed by atoms with Crippen LogP contribution in [0.1, 0.15) is 129 Å². The molecule has 0 radical (unpaired) electrons. The molecule has 0 bridgehead atoms. The lowest BCUT2D eigenvalue weighted by Crippen LogP contribution is -2.36. The SMILES string of the molecule is CCCCCC1CCC(C2CCC(C3CCC4CC(CC(CO)COC)CCC4C3)CC2)CC1. The van der Waals surface area contributed by atoms with Gasteiger partial charge in [0.15, 0.2) is 0 Å². The van der Waals surface area contributed by atoms with Gasteiger partial charge < -0.3 is 9.84 Å². The first kappa shape index (κ1) is 27.0. The highest BCUT2D eigenvalue weighted by Crippen LogP contribution is 2.51. The zero-order valence-corrected chi connectivity index (χ0v) is 22.9. The first-order valence-electron chi connectivity index (χ1n) is 15.8. The van der Waals surface area contributed by atoms with E-state index in [1.807, 2.05) is 0 Å². The third kappa shape index (κ3) is 7.47. The minimum Gasteiger partial charge on any atom is -0.396 e. The molecule has 0 aromatic carbocycles. The van der Waals surface area contributed by atoms with Gasteiger partial charge in [-0.3, -0.25) is 0 Å². The molecule has 1 N–H and O–H groups in total. The molecule has 4 fully saturated rings. The van der Waals surface area contributed by atoms with E-state index in [4.69, 9.17) is 4.74 Å². The topological polar surface area (TPSA) is 29.5 Å². The zero-order chi connectivity index (χ0) is 23.8. The van der Waals surface area contributed by atoms with Crippen molar-refractivity contribution in [1.82, 2.24) is 0 Å². The molecule has 4 rings (SSSR count). The molecule has 2 nitrogen and oxygen atoms in total. The molecule has 34 heavy (non-hydrogen) atoms. The standard InChI is InChI=1S/C32H58O2/c1-3-4-5-6-24-7-10-27(11-8-24)28-13-15-29(16-14-28)31-18-17-30-20-25(9-12-32(30)21-31)19-26(22-33)23-34-2/h24-33H,3-23H2,1-2H3. The van der Waals surface area contributed by atoms with Crippen LogP contribution in [-0.4, -0.2) is 25.4 Å². The smallest absolute Gasteiger partial charge is 0.0512 e. The Bertz CT molecular complexity index is 545. The van der Waals surface area contributed by atoms with Crippen LogP contribution in [0.3, 0.4) is 0 Å². The molecule has 0 aromatic heterocycles. The van der Waals surface area contributed by atoms with Crippen molar-refractivity contribution in [3.05, 3.63) is 0 Å². The van der Waals surface area contributed by atoms with E-state index in [2.05, 4.69) is 6.92 Å². The predicted molar refractivity (Wildman–Crippen MR) is 144 cm³/mol. The van der Waals surface area contributed by atoms with Gasteiger partial charge in [0, 0.05) is 19.6 Å². The first-order chi connectivity index (χ1) is 16.7. The largest absolute Gasteiger partial charge is 0.396 e. The number of rotatable bonds is 11. The maximum atomic E-state index is 9.67. The number of hydrogen-bond donors (Lipinski definition) is 1. The summed E-state index contributed by atoms with van der Waals surface area (Å²) in [6.07, 6.45) is 28.3. The maximum Gasteiger partial charge on any atom is 0.0512 e. The highest BCUT2D eigenvalue weighted by atomic mass is 16.5. The van der Waals surface area contributed by atoms with E-state index in [9.17, 15) is 5.11 Å². The van der Waals surface area contributed by atoms with Crippen molar-refractivity contribution in [2.24, 2.45) is 53.3 Å². The Labute approximate surface area is 212 Å². The van der Waals surface area contributed by atoms with Crippen LogP contribution in [0.2, 0.25) is 0 Å². The summed E-state index contributed by atoms with van der Waals surface area (Å²) in [5.41, 5.74) is 0. The van der Waals surface area contributed by atoms with Crippen molar-refractivity contribution in [2.75, 3.05) is 20.3 Å². The lowest BCUT2D eigenvalue weighted by molar-refractivity contribution is 0.0369. The fourth-order valence-electron chi connectivity index (χ4n) is 9.29. The number of methoxy groups -OCH3 is 1. The molecule has 4 saturated carbocycles. The highest BCUT2D eigenvalue weighted by Gasteiger charge is 2.40. The van der Waals surface area contributed by atoms with Gasteiger partial charge in [0.1, 0.15) is 0 Å². The number of fused-ring (bicyclic) bond motifs is 1. The first-order valence-corrected chi connectivity index (χ1v) is 15.8. The second-order valence-electron chi connectivity index (χ2n) is 13.5. The summed E-state index contributed by atoms with van der Waals surface area (Å²) in [5, 5.41) is 9.67. The van der Waals surface area contributed by atoms with Crippen LogP contribution in [0.5, 0.6) is 0 Å². The molecule has 0 saturated heterocycles. The number of aliphatic hydroxyl groups excluding tert-OH is 1. The Hall–Kier alpha value is -0.0800. The fourth-order valence-corrected chi connectivity index (χ4v) is 9.29. The summed E-state index contributed by atoms with van der Waals surface area (Å²) in [4.78, 5) is 0. The van der Waals surface area contributed by atoms with Crippen molar-refractivity contribution in [3.8, 4) is 0 Å². The Morgan fingerprint density at radius 1 is 0.647 bits per heavy atom. The van der Waals surface area contributed by atoms with Crippen LogP contribution in [0.15, 0.2) is 0 Å². The Morgan fingerprint density at radius 2 is 1.15 bits per heavy atom. The van der Waals surface area contributed by atoms with Gasteiger partial charge in [0.25, 0.3) is 0 Å². The fraction of sp³-hybridized carbons (Fsp3) is 1.00. The Kier molecular flexibility index (Phi) is 11.1. The molecule has 0 aliphatic heterocycles. The molecule has 5 atom stereocenters. The van der Waals surface area contributed by atoms with E-state index in [0.29, 0.717) is 12.5 Å². The van der Waals surface area contributed by atoms with E-state index in [0.717, 1.165) is 54.0 Å². The highest BCUT2D eigenvalue weighted by molar-refractivity contribution is 4.91. The second-order valence-corrected chi connectivity index (χ2v) is 13.5. The van der Waals surface area contributed by atoms with Gasteiger partial charge in [0.05, 0.1) is 6.61 Å². The molecule has 5 unspecified atom stereocenters. The monoisotopic (exact) mass is 474 g/mol. The van der Waals surface area contributed by atoms with Crippen LogP contribution in [-0.2, 0) is 4.74 Å². The van der Waals surface area contributed by atoms with Gasteiger partial charge in [-0.15, -0.1) is 0 Å². The summed E-state index contributed by atoms with van der Waals surface area (Å²) in [5.74, 6) is 8.52. The summed E-state index contributed by atoms with van der Waals surface area (Å²) < 4.78 is 5.33. The predicted octanol–water partition coefficient (Wildman–Crippen LogP) is 8.66. The van der Waals surface area contributed by atoms with Gasteiger partial charge in [-0.05, 0) is 124 Å². The molecular formula is C32H58O2. The van der Waals surface area contributed by atoms with Gasteiger partial charge in [-0.2, -0.15) is 0 Å². The van der Waals surface area contributed by atoms with Crippen molar-refractivity contribution in [1.29, 1.82) is 0 Å². The molecule has 2 heteroatoms. The second kappa shape index (κ2) is 14.0. The van der Waals surface area contributed by atoms with Crippen molar-refractivity contribution in [3.63, 3.8) is 0 Å². The molecule has 0 amide bonds. The van der Waals surface area contributed by atoms with Crippen molar-refractivity contribution < 1.29 is 9.84 Å². The molecular weight excluding hydrogens is 416 g/mol. The summed E-state index contributed by atoms with van der Waals surface area (Å²) in [7, 11) is 1.77. The zero-order valence-electron chi connectivity index (χ0n) is 22.9. The molecule has 0 aromatic rings. The number of hydrogen-bond acceptors (Lipinski definition) is 2. The molecule has 198 valence electrons. The third-order valence-corrected chi connectivity index (χ3v) is 11.3. The van der Waals surface area contributed by atoms with Crippen LogP contribution >= 0.6 is 0 Å². The van der Waals surface area contributed by atoms with E-state index in [1.165, 1.54) is 64.2 Å². The van der Waals surface area contributed by atoms with Crippen molar-refractivity contribution >= 4 is 0 Å². The van der Waals surface area contributed by atoms with Gasteiger partial charge in [-0.1, -0.05) is 51.9 Å². The molecule has 4 aliphatic rings. The number of aliphatic hydroxyl groups is 1. The Morgan fingerprint density at radius 3 is 1.76 bits per heavy atom. The Balaban J connectivity index is 1.14. The maximum absolute atomic E-state index is 9.67. The van der Waals surface area contributed by atoms with Gasteiger partial charge in [-0.25, -0.2) is 0 Å². The molecule has 0 heterocycles. The van der Waals surface area contributed by atoms with Crippen LogP contribution in [0, 0.1) is 53.3 Å². The lowest BCUT2D eigenvalue weighted by atomic mass is 9.59. The molecule has 4 aliphatic carbocycles. The van der Waals surface area contributed by atoms with Crippen LogP contribution in [0.25, 0.3) is 0 Å². The van der Waals surface area contributed by atoms with E-state index in [1.54, 1.807) is 64.9 Å². The van der Waals surface area contributed by atoms with Crippen molar-refractivity contribution in [2.45, 2.75) is 129 Å². The van der Waals surface area contributed by atoms with E-state index in [-0.39, 0.29) is 0 Å². The summed E-state index contributed by atoms with van der Waals surface area (Å²) >= 11 is 0. The van der Waals surface area contributed by atoms with E-state index < -0.39 is 0 Å². The minimum absolute atomic E-state index is 0.295.